The highest BCUT2D eigenvalue weighted by molar-refractivity contribution is 7.99. The number of amides is 1. The van der Waals surface area contributed by atoms with Gasteiger partial charge >= 0.3 is 0 Å². The topological polar surface area (TPSA) is 80.9 Å². The summed E-state index contributed by atoms with van der Waals surface area (Å²) >= 11 is 3.32. The number of aromatic nitrogens is 2. The molecular weight excluding hydrogens is 328 g/mol. The molecule has 23 heavy (non-hydrogen) atoms. The van der Waals surface area contributed by atoms with Gasteiger partial charge in [0, 0.05) is 35.0 Å². The Bertz CT molecular complexity index is 711. The zero-order valence-electron chi connectivity index (χ0n) is 13.5. The van der Waals surface area contributed by atoms with Crippen molar-refractivity contribution in [3.8, 4) is 0 Å². The number of nitrogens with one attached hydrogen (secondary N) is 1. The Hall–Kier alpha value is -1.18. The number of hydrogen-bond donors (Lipinski definition) is 2. The minimum atomic E-state index is 0.0668. The van der Waals surface area contributed by atoms with Crippen LogP contribution in [0.2, 0.25) is 0 Å². The van der Waals surface area contributed by atoms with Crippen LogP contribution >= 0.6 is 23.1 Å². The number of carbonyl (C=O) groups is 1. The molecule has 0 saturated heterocycles. The molecule has 0 radical (unpaired) electrons. The van der Waals surface area contributed by atoms with Crippen LogP contribution in [0.15, 0.2) is 11.4 Å². The van der Waals surface area contributed by atoms with Gasteiger partial charge in [-0.05, 0) is 38.2 Å². The lowest BCUT2D eigenvalue weighted by Crippen LogP contribution is -2.38. The van der Waals surface area contributed by atoms with Gasteiger partial charge in [-0.3, -0.25) is 4.79 Å². The van der Waals surface area contributed by atoms with E-state index < -0.39 is 0 Å². The summed E-state index contributed by atoms with van der Waals surface area (Å²) in [6, 6.07) is 0.115. The highest BCUT2D eigenvalue weighted by atomic mass is 32.2. The monoisotopic (exact) mass is 350 g/mol. The molecule has 3 rings (SSSR count). The van der Waals surface area contributed by atoms with Crippen LogP contribution in [-0.2, 0) is 4.79 Å². The summed E-state index contributed by atoms with van der Waals surface area (Å²) in [6.45, 7) is 4.80. The lowest BCUT2D eigenvalue weighted by Gasteiger charge is -2.11. The quantitative estimate of drug-likeness (QED) is 0.593. The van der Waals surface area contributed by atoms with Crippen LogP contribution in [0, 0.1) is 19.8 Å². The molecule has 1 aliphatic carbocycles. The summed E-state index contributed by atoms with van der Waals surface area (Å²) < 4.78 is 0. The third-order valence-electron chi connectivity index (χ3n) is 4.26. The SMILES string of the molecule is Cc1sc2ncnc(SCCC(=O)NCC(N)C3CC3)c2c1C. The fraction of sp³-hybridized carbons (Fsp3) is 0.562. The molecule has 0 aliphatic heterocycles. The number of hydrogen-bond acceptors (Lipinski definition) is 6. The van der Waals surface area contributed by atoms with Crippen molar-refractivity contribution in [3.63, 3.8) is 0 Å². The van der Waals surface area contributed by atoms with Crippen LogP contribution < -0.4 is 11.1 Å². The molecule has 7 heteroatoms. The Morgan fingerprint density at radius 2 is 2.26 bits per heavy atom. The van der Waals surface area contributed by atoms with E-state index in [0.717, 1.165) is 15.2 Å². The second-order valence-corrected chi connectivity index (χ2v) is 8.33. The predicted molar refractivity (Wildman–Crippen MR) is 95.9 cm³/mol. The smallest absolute Gasteiger partial charge is 0.220 e. The molecule has 0 spiro atoms. The largest absolute Gasteiger partial charge is 0.355 e. The maximum atomic E-state index is 11.9. The number of nitrogens with zero attached hydrogens (tertiary/aromatic N) is 2. The first-order valence-electron chi connectivity index (χ1n) is 7.92. The molecule has 2 heterocycles. The van der Waals surface area contributed by atoms with Crippen molar-refractivity contribution in [2.75, 3.05) is 12.3 Å². The van der Waals surface area contributed by atoms with Crippen LogP contribution in [0.5, 0.6) is 0 Å². The van der Waals surface area contributed by atoms with Gasteiger partial charge in [-0.25, -0.2) is 9.97 Å². The highest BCUT2D eigenvalue weighted by Gasteiger charge is 2.28. The summed E-state index contributed by atoms with van der Waals surface area (Å²) in [5.41, 5.74) is 7.24. The van der Waals surface area contributed by atoms with Gasteiger partial charge < -0.3 is 11.1 Å². The number of fused-ring (bicyclic) bond motifs is 1. The molecule has 1 saturated carbocycles. The van der Waals surface area contributed by atoms with E-state index in [2.05, 4.69) is 29.1 Å². The van der Waals surface area contributed by atoms with E-state index in [1.807, 2.05) is 0 Å². The lowest BCUT2D eigenvalue weighted by atomic mass is 10.2. The van der Waals surface area contributed by atoms with Crippen molar-refractivity contribution >= 4 is 39.2 Å². The van der Waals surface area contributed by atoms with Gasteiger partial charge in [-0.2, -0.15) is 0 Å². The Labute approximate surface area is 144 Å². The molecule has 1 amide bonds. The Morgan fingerprint density at radius 3 is 3.00 bits per heavy atom. The van der Waals surface area contributed by atoms with Crippen molar-refractivity contribution in [1.29, 1.82) is 0 Å². The molecule has 1 fully saturated rings. The van der Waals surface area contributed by atoms with E-state index in [-0.39, 0.29) is 11.9 Å². The highest BCUT2D eigenvalue weighted by Crippen LogP contribution is 2.34. The Kier molecular flexibility index (Phi) is 5.18. The van der Waals surface area contributed by atoms with E-state index in [1.54, 1.807) is 29.4 Å². The van der Waals surface area contributed by atoms with Crippen molar-refractivity contribution in [2.45, 2.75) is 44.2 Å². The number of nitrogens with two attached hydrogens (primary N) is 1. The zero-order valence-corrected chi connectivity index (χ0v) is 15.1. The van der Waals surface area contributed by atoms with E-state index in [4.69, 9.17) is 5.73 Å². The average molecular weight is 351 g/mol. The molecule has 1 atom stereocenters. The lowest BCUT2D eigenvalue weighted by molar-refractivity contribution is -0.120. The van der Waals surface area contributed by atoms with Crippen molar-refractivity contribution in [3.05, 3.63) is 16.8 Å². The predicted octanol–water partition coefficient (Wildman–Crippen LogP) is 2.64. The molecule has 2 aromatic rings. The Morgan fingerprint density at radius 1 is 1.48 bits per heavy atom. The first-order chi connectivity index (χ1) is 11.1. The van der Waals surface area contributed by atoms with E-state index >= 15 is 0 Å². The third-order valence-corrected chi connectivity index (χ3v) is 6.37. The molecule has 1 aliphatic rings. The normalized spacial score (nSPS) is 15.8. The summed E-state index contributed by atoms with van der Waals surface area (Å²) in [4.78, 5) is 22.9. The van der Waals surface area contributed by atoms with Gasteiger partial charge in [0.25, 0.3) is 0 Å². The third kappa shape index (κ3) is 4.02. The van der Waals surface area contributed by atoms with Gasteiger partial charge in [0.2, 0.25) is 5.91 Å². The van der Waals surface area contributed by atoms with Crippen LogP contribution in [0.1, 0.15) is 29.7 Å². The standard InChI is InChI=1S/C16H22N4OS2/c1-9-10(2)23-16-14(9)15(19-8-20-16)22-6-5-13(21)18-7-12(17)11-3-4-11/h8,11-12H,3-7,17H2,1-2H3,(H,18,21). The maximum Gasteiger partial charge on any atom is 0.220 e. The second-order valence-electron chi connectivity index (χ2n) is 6.05. The summed E-state index contributed by atoms with van der Waals surface area (Å²) in [6.07, 6.45) is 4.50. The maximum absolute atomic E-state index is 11.9. The van der Waals surface area contributed by atoms with Crippen molar-refractivity contribution in [2.24, 2.45) is 11.7 Å². The molecule has 0 aromatic carbocycles. The molecule has 0 bridgehead atoms. The van der Waals surface area contributed by atoms with E-state index in [1.165, 1.54) is 23.3 Å². The number of rotatable bonds is 7. The van der Waals surface area contributed by atoms with Crippen LogP contribution in [0.25, 0.3) is 10.2 Å². The summed E-state index contributed by atoms with van der Waals surface area (Å²) in [7, 11) is 0. The first-order valence-corrected chi connectivity index (χ1v) is 9.72. The minimum absolute atomic E-state index is 0.0668. The summed E-state index contributed by atoms with van der Waals surface area (Å²) in [5.74, 6) is 1.39. The van der Waals surface area contributed by atoms with Gasteiger partial charge in [0.1, 0.15) is 16.2 Å². The van der Waals surface area contributed by atoms with Crippen LogP contribution in [0.4, 0.5) is 0 Å². The molecule has 3 N–H and O–H groups in total. The van der Waals surface area contributed by atoms with E-state index in [9.17, 15) is 4.79 Å². The van der Waals surface area contributed by atoms with Gasteiger partial charge in [0.05, 0.1) is 0 Å². The Balaban J connectivity index is 1.51. The number of thiophene rings is 1. The second kappa shape index (κ2) is 7.15. The van der Waals surface area contributed by atoms with Gasteiger partial charge in [-0.15, -0.1) is 23.1 Å². The fourth-order valence-electron chi connectivity index (χ4n) is 2.51. The van der Waals surface area contributed by atoms with E-state index in [0.29, 0.717) is 24.6 Å². The molecule has 124 valence electrons. The number of carbonyl (C=O) groups excluding carboxylic acids is 1. The summed E-state index contributed by atoms with van der Waals surface area (Å²) in [5, 5.41) is 5.04. The molecular formula is C16H22N4OS2. The van der Waals surface area contributed by atoms with Crippen molar-refractivity contribution < 1.29 is 4.79 Å². The number of thioether (sulfide) groups is 1. The van der Waals surface area contributed by atoms with Gasteiger partial charge in [0.15, 0.2) is 0 Å². The molecule has 1 unspecified atom stereocenters. The number of aryl methyl sites for hydroxylation is 2. The molecule has 2 aromatic heterocycles. The first kappa shape index (κ1) is 16.7. The van der Waals surface area contributed by atoms with Gasteiger partial charge in [-0.1, -0.05) is 0 Å². The van der Waals surface area contributed by atoms with Crippen LogP contribution in [0.3, 0.4) is 0 Å². The average Bonchev–Trinajstić information content (AvgIpc) is 3.33. The minimum Gasteiger partial charge on any atom is -0.355 e. The molecule has 5 nitrogen and oxygen atoms in total. The zero-order chi connectivity index (χ0) is 16.4. The fourth-order valence-corrected chi connectivity index (χ4v) is 4.57. The van der Waals surface area contributed by atoms with Crippen molar-refractivity contribution in [1.82, 2.24) is 15.3 Å². The van der Waals surface area contributed by atoms with Crippen LogP contribution in [-0.4, -0.2) is 34.2 Å².